The summed E-state index contributed by atoms with van der Waals surface area (Å²) in [6, 6.07) is 5.71. The number of thioether (sulfide) groups is 1. The molecule has 37 heavy (non-hydrogen) atoms. The first-order valence-corrected chi connectivity index (χ1v) is 11.9. The summed E-state index contributed by atoms with van der Waals surface area (Å²) in [6.07, 6.45) is 0.307. The Morgan fingerprint density at radius 2 is 2.11 bits per heavy atom. The molecule has 0 saturated carbocycles. The highest BCUT2D eigenvalue weighted by atomic mass is 32.2. The number of nitrogens with one attached hydrogen (secondary N) is 4. The Labute approximate surface area is 213 Å². The molecule has 1 amide bonds. The highest BCUT2D eigenvalue weighted by molar-refractivity contribution is 8.00. The number of fused-ring (bicyclic) bond motifs is 1. The first-order chi connectivity index (χ1) is 17.7. The first-order valence-electron chi connectivity index (χ1n) is 11.1. The highest BCUT2D eigenvalue weighted by Gasteiger charge is 2.33. The van der Waals surface area contributed by atoms with Crippen LogP contribution in [0.5, 0.6) is 5.75 Å². The minimum absolute atomic E-state index is 0.0209. The summed E-state index contributed by atoms with van der Waals surface area (Å²) >= 11 is -0.330. The monoisotopic (exact) mass is 537 g/mol. The van der Waals surface area contributed by atoms with Crippen molar-refractivity contribution in [2.75, 3.05) is 44.4 Å². The third-order valence-corrected chi connectivity index (χ3v) is 6.20. The fourth-order valence-corrected chi connectivity index (χ4v) is 4.34. The molecule has 4 heterocycles. The molecular weight excluding hydrogens is 514 g/mol. The summed E-state index contributed by atoms with van der Waals surface area (Å²) < 4.78 is 60.7. The Morgan fingerprint density at radius 1 is 1.30 bits per heavy atom. The number of rotatable bonds is 7. The number of anilines is 2. The smallest absolute Gasteiger partial charge is 0.447 e. The van der Waals surface area contributed by atoms with E-state index in [9.17, 15) is 22.4 Å². The number of nitrogens with zero attached hydrogens (tertiary/aromatic N) is 3. The van der Waals surface area contributed by atoms with Crippen molar-refractivity contribution in [1.82, 2.24) is 25.0 Å². The maximum Gasteiger partial charge on any atom is 0.447 e. The zero-order valence-corrected chi connectivity index (χ0v) is 20.6. The second kappa shape index (κ2) is 11.1. The van der Waals surface area contributed by atoms with E-state index in [2.05, 4.69) is 43.1 Å². The van der Waals surface area contributed by atoms with Gasteiger partial charge in [-0.2, -0.15) is 13.2 Å². The molecule has 2 atom stereocenters. The maximum atomic E-state index is 14.1. The minimum atomic E-state index is -4.58. The summed E-state index contributed by atoms with van der Waals surface area (Å²) in [5.41, 5.74) is -3.92. The van der Waals surface area contributed by atoms with Crippen molar-refractivity contribution >= 4 is 34.8 Å². The van der Waals surface area contributed by atoms with Gasteiger partial charge in [-0.3, -0.25) is 9.20 Å². The number of hydrogen-bond acceptors (Lipinski definition) is 8. The molecule has 1 saturated heterocycles. The van der Waals surface area contributed by atoms with Gasteiger partial charge in [-0.1, -0.05) is 5.92 Å². The summed E-state index contributed by atoms with van der Waals surface area (Å²) in [6.45, 7) is 0.552. The molecule has 0 bridgehead atoms. The zero-order chi connectivity index (χ0) is 26.6. The van der Waals surface area contributed by atoms with Crippen LogP contribution in [0.3, 0.4) is 0 Å². The molecule has 196 valence electrons. The van der Waals surface area contributed by atoms with Crippen LogP contribution in [0.15, 0.2) is 35.5 Å². The predicted octanol–water partition coefficient (Wildman–Crippen LogP) is 2.89. The molecule has 14 heteroatoms. The highest BCUT2D eigenvalue weighted by Crippen LogP contribution is 2.39. The van der Waals surface area contributed by atoms with Gasteiger partial charge in [0.15, 0.2) is 17.2 Å². The van der Waals surface area contributed by atoms with E-state index in [4.69, 9.17) is 4.74 Å². The van der Waals surface area contributed by atoms with E-state index in [0.29, 0.717) is 18.0 Å². The zero-order valence-electron chi connectivity index (χ0n) is 19.7. The van der Waals surface area contributed by atoms with Crippen molar-refractivity contribution in [2.24, 2.45) is 0 Å². The average Bonchev–Trinajstić information content (AvgIpc) is 3.43. The van der Waals surface area contributed by atoms with E-state index in [1.165, 1.54) is 30.8 Å². The molecule has 0 aliphatic carbocycles. The molecule has 0 aromatic carbocycles. The summed E-state index contributed by atoms with van der Waals surface area (Å²) in [7, 11) is 2.91. The van der Waals surface area contributed by atoms with Crippen molar-refractivity contribution in [3.05, 3.63) is 41.9 Å². The Kier molecular flexibility index (Phi) is 7.94. The Balaban J connectivity index is 1.62. The van der Waals surface area contributed by atoms with Gasteiger partial charge < -0.3 is 26.0 Å². The predicted molar refractivity (Wildman–Crippen MR) is 132 cm³/mol. The quantitative estimate of drug-likeness (QED) is 0.207. The Hall–Kier alpha value is -3.70. The van der Waals surface area contributed by atoms with Crippen molar-refractivity contribution in [2.45, 2.75) is 22.7 Å². The van der Waals surface area contributed by atoms with Gasteiger partial charge in [-0.25, -0.2) is 14.4 Å². The third-order valence-electron chi connectivity index (χ3n) is 5.39. The standard InChI is InChI=1S/C23H23F4N7O2S/c1-28-21(35)15-7-8-18(36-2)19(32-15)30-9-3-5-16-22(37-23(25,26)27)34-10-4-6-14(20(34)33-16)31-17-12-29-11-13(17)24/h4,6-8,10,13,17,29,31H,9,11-12H2,1-2H3,(H,28,35)(H,30,32)/t13-,17+/m0/s1. The number of imidazole rings is 1. The van der Waals surface area contributed by atoms with Crippen molar-refractivity contribution in [3.8, 4) is 17.6 Å². The topological polar surface area (TPSA) is 105 Å². The van der Waals surface area contributed by atoms with Gasteiger partial charge in [-0.15, -0.1) is 0 Å². The SMILES string of the molecule is CNC(=O)c1ccc(OC)c(NCC#Cc2nc3c(N[C@@H]4CNC[C@@H]4F)cccn3c2SC(F)(F)F)n1. The Morgan fingerprint density at radius 3 is 2.78 bits per heavy atom. The molecule has 3 aromatic rings. The molecule has 0 unspecified atom stereocenters. The van der Waals surface area contributed by atoms with E-state index in [1.807, 2.05) is 0 Å². The van der Waals surface area contributed by atoms with E-state index < -0.39 is 23.6 Å². The molecule has 0 radical (unpaired) electrons. The number of hydrogen-bond donors (Lipinski definition) is 4. The lowest BCUT2D eigenvalue weighted by molar-refractivity contribution is -0.0330. The number of halogens is 4. The molecule has 1 aliphatic heterocycles. The van der Waals surface area contributed by atoms with Crippen LogP contribution in [0.1, 0.15) is 16.2 Å². The summed E-state index contributed by atoms with van der Waals surface area (Å²) in [4.78, 5) is 20.4. The normalized spacial score (nSPS) is 17.2. The number of methoxy groups -OCH3 is 1. The summed E-state index contributed by atoms with van der Waals surface area (Å²) in [5, 5.41) is 11.1. The van der Waals surface area contributed by atoms with Crippen molar-refractivity contribution in [1.29, 1.82) is 0 Å². The van der Waals surface area contributed by atoms with E-state index in [-0.39, 0.29) is 52.7 Å². The lowest BCUT2D eigenvalue weighted by atomic mass is 10.2. The maximum absolute atomic E-state index is 14.1. The van der Waals surface area contributed by atoms with Gasteiger partial charge in [0.2, 0.25) is 0 Å². The molecule has 3 aromatic heterocycles. The molecule has 4 rings (SSSR count). The van der Waals surface area contributed by atoms with E-state index >= 15 is 0 Å². The fourth-order valence-electron chi connectivity index (χ4n) is 3.68. The van der Waals surface area contributed by atoms with Crippen molar-refractivity contribution < 1.29 is 27.1 Å². The average molecular weight is 538 g/mol. The number of ether oxygens (including phenoxy) is 1. The van der Waals surface area contributed by atoms with Gasteiger partial charge in [-0.05, 0) is 30.2 Å². The number of carbonyl (C=O) groups excluding carboxylic acids is 1. The lowest BCUT2D eigenvalue weighted by Crippen LogP contribution is -2.29. The van der Waals surface area contributed by atoms with Crippen molar-refractivity contribution in [3.63, 3.8) is 0 Å². The number of amides is 1. The number of pyridine rings is 2. The molecule has 9 nitrogen and oxygen atoms in total. The van der Waals surface area contributed by atoms with Crippen LogP contribution in [0.25, 0.3) is 5.65 Å². The van der Waals surface area contributed by atoms with Gasteiger partial charge in [0.25, 0.3) is 5.91 Å². The second-order valence-electron chi connectivity index (χ2n) is 7.84. The van der Waals surface area contributed by atoms with E-state index in [0.717, 1.165) is 0 Å². The minimum Gasteiger partial charge on any atom is -0.493 e. The molecule has 4 N–H and O–H groups in total. The number of aromatic nitrogens is 3. The van der Waals surface area contributed by atoms with Gasteiger partial charge in [0.1, 0.15) is 22.6 Å². The first kappa shape index (κ1) is 26.4. The lowest BCUT2D eigenvalue weighted by Gasteiger charge is -2.16. The van der Waals surface area contributed by atoms with Crippen LogP contribution in [-0.2, 0) is 0 Å². The van der Waals surface area contributed by atoms with Gasteiger partial charge in [0.05, 0.1) is 25.4 Å². The van der Waals surface area contributed by atoms with Crippen LogP contribution in [0, 0.1) is 11.8 Å². The molecule has 1 fully saturated rings. The van der Waals surface area contributed by atoms with Crippen LogP contribution >= 0.6 is 11.8 Å². The molecule has 1 aliphatic rings. The largest absolute Gasteiger partial charge is 0.493 e. The molecule has 0 spiro atoms. The summed E-state index contributed by atoms with van der Waals surface area (Å²) in [5.74, 6) is 5.64. The fraction of sp³-hybridized carbons (Fsp3) is 0.348. The van der Waals surface area contributed by atoms with E-state index in [1.54, 1.807) is 18.2 Å². The van der Waals surface area contributed by atoms with Crippen LogP contribution in [0.4, 0.5) is 29.1 Å². The number of carbonyl (C=O) groups is 1. The van der Waals surface area contributed by atoms with Gasteiger partial charge >= 0.3 is 5.51 Å². The number of alkyl halides is 4. The third kappa shape index (κ3) is 6.17. The molecular formula is C23H23F4N7O2S. The van der Waals surface area contributed by atoms with Crippen LogP contribution < -0.4 is 26.0 Å². The van der Waals surface area contributed by atoms with Gasteiger partial charge in [0, 0.05) is 38.1 Å². The Bertz CT molecular complexity index is 1350. The van der Waals surface area contributed by atoms with Crippen LogP contribution in [-0.4, -0.2) is 71.8 Å². The second-order valence-corrected chi connectivity index (χ2v) is 8.89. The van der Waals surface area contributed by atoms with Crippen LogP contribution in [0.2, 0.25) is 0 Å².